The van der Waals surface area contributed by atoms with Crippen molar-refractivity contribution in [1.29, 1.82) is 0 Å². The van der Waals surface area contributed by atoms with E-state index >= 15 is 0 Å². The van der Waals surface area contributed by atoms with Crippen LogP contribution < -0.4 is 10.9 Å². The third-order valence-electron chi connectivity index (χ3n) is 5.49. The van der Waals surface area contributed by atoms with Gasteiger partial charge in [0.15, 0.2) is 0 Å². The Kier molecular flexibility index (Phi) is 6.08. The summed E-state index contributed by atoms with van der Waals surface area (Å²) in [6, 6.07) is 15.1. The number of rotatable bonds is 8. The number of para-hydroxylation sites is 4. The van der Waals surface area contributed by atoms with E-state index in [4.69, 9.17) is 0 Å². The minimum absolute atomic E-state index is 0.110. The lowest BCUT2D eigenvalue weighted by atomic mass is 10.3. The van der Waals surface area contributed by atoms with Crippen LogP contribution in [0, 0.1) is 0 Å². The van der Waals surface area contributed by atoms with Gasteiger partial charge in [-0.2, -0.15) is 0 Å². The van der Waals surface area contributed by atoms with Crippen molar-refractivity contribution in [3.8, 4) is 0 Å². The zero-order valence-corrected chi connectivity index (χ0v) is 17.8. The fourth-order valence-electron chi connectivity index (χ4n) is 3.76. The number of amides is 1. The molecule has 1 N–H and O–H groups in total. The van der Waals surface area contributed by atoms with Crippen LogP contribution >= 0.6 is 0 Å². The van der Waals surface area contributed by atoms with E-state index in [-0.39, 0.29) is 18.0 Å². The predicted molar refractivity (Wildman–Crippen MR) is 122 cm³/mol. The van der Waals surface area contributed by atoms with Crippen molar-refractivity contribution in [2.24, 2.45) is 0 Å². The maximum Gasteiger partial charge on any atom is 0.269 e. The molecule has 2 aromatic carbocycles. The topological polar surface area (TPSA) is 85.0 Å². The summed E-state index contributed by atoms with van der Waals surface area (Å²) in [5.74, 6) is 0.183. The van der Waals surface area contributed by atoms with Gasteiger partial charge in [-0.15, -0.1) is 0 Å². The van der Waals surface area contributed by atoms with Crippen molar-refractivity contribution in [3.05, 3.63) is 65.1 Å². The quantitative estimate of drug-likeness (QED) is 0.476. The van der Waals surface area contributed by atoms with Gasteiger partial charge in [-0.25, -0.2) is 9.97 Å². The molecule has 0 saturated carbocycles. The lowest BCUT2D eigenvalue weighted by molar-refractivity contribution is -0.116. The SMILES string of the molecule is CCN(CC)CCn1c(NC(=O)Cn2c(=O)cnc3ccccc32)nc2ccccc21. The predicted octanol–water partition coefficient (Wildman–Crippen LogP) is 2.73. The lowest BCUT2D eigenvalue weighted by Gasteiger charge is -2.19. The van der Waals surface area contributed by atoms with E-state index in [1.54, 1.807) is 6.07 Å². The molecular formula is C23H26N6O2. The van der Waals surface area contributed by atoms with Crippen LogP contribution in [0.4, 0.5) is 5.95 Å². The number of carbonyl (C=O) groups excluding carboxylic acids is 1. The number of nitrogens with zero attached hydrogens (tertiary/aromatic N) is 5. The summed E-state index contributed by atoms with van der Waals surface area (Å²) >= 11 is 0. The van der Waals surface area contributed by atoms with E-state index in [0.29, 0.717) is 23.5 Å². The highest BCUT2D eigenvalue weighted by molar-refractivity contribution is 5.92. The molecule has 0 atom stereocenters. The summed E-state index contributed by atoms with van der Waals surface area (Å²) in [7, 11) is 0. The molecule has 0 aliphatic heterocycles. The molecule has 8 nitrogen and oxygen atoms in total. The first-order chi connectivity index (χ1) is 15.1. The van der Waals surface area contributed by atoms with E-state index in [1.165, 1.54) is 10.8 Å². The molecule has 0 unspecified atom stereocenters. The Hall–Kier alpha value is -3.52. The van der Waals surface area contributed by atoms with Crippen molar-refractivity contribution in [2.45, 2.75) is 26.9 Å². The van der Waals surface area contributed by atoms with Gasteiger partial charge in [0.05, 0.1) is 28.3 Å². The van der Waals surface area contributed by atoms with E-state index in [1.807, 2.05) is 47.0 Å². The number of hydrogen-bond acceptors (Lipinski definition) is 5. The van der Waals surface area contributed by atoms with Crippen molar-refractivity contribution in [3.63, 3.8) is 0 Å². The molecule has 0 aliphatic carbocycles. The monoisotopic (exact) mass is 418 g/mol. The van der Waals surface area contributed by atoms with Crippen LogP contribution in [0.3, 0.4) is 0 Å². The summed E-state index contributed by atoms with van der Waals surface area (Å²) in [6.45, 7) is 7.64. The van der Waals surface area contributed by atoms with Crippen LogP contribution in [0.5, 0.6) is 0 Å². The summed E-state index contributed by atoms with van der Waals surface area (Å²) in [5.41, 5.74) is 2.77. The van der Waals surface area contributed by atoms with E-state index in [0.717, 1.165) is 30.7 Å². The normalized spacial score (nSPS) is 11.5. The zero-order valence-electron chi connectivity index (χ0n) is 17.8. The minimum Gasteiger partial charge on any atom is -0.309 e. The van der Waals surface area contributed by atoms with Gasteiger partial charge in [0, 0.05) is 13.1 Å². The van der Waals surface area contributed by atoms with Crippen LogP contribution in [0.2, 0.25) is 0 Å². The van der Waals surface area contributed by atoms with Gasteiger partial charge in [-0.1, -0.05) is 38.1 Å². The molecule has 0 spiro atoms. The minimum atomic E-state index is -0.316. The second kappa shape index (κ2) is 9.09. The highest BCUT2D eigenvalue weighted by Crippen LogP contribution is 2.20. The van der Waals surface area contributed by atoms with E-state index in [9.17, 15) is 9.59 Å². The molecule has 0 aliphatic rings. The molecule has 8 heteroatoms. The Morgan fingerprint density at radius 1 is 0.968 bits per heavy atom. The average Bonchev–Trinajstić information content (AvgIpc) is 3.13. The molecule has 0 bridgehead atoms. The van der Waals surface area contributed by atoms with Crippen LogP contribution in [0.25, 0.3) is 22.1 Å². The average molecular weight is 419 g/mol. The van der Waals surface area contributed by atoms with Crippen molar-refractivity contribution >= 4 is 33.9 Å². The third-order valence-corrected chi connectivity index (χ3v) is 5.49. The first-order valence-corrected chi connectivity index (χ1v) is 10.5. The second-order valence-electron chi connectivity index (χ2n) is 7.32. The number of anilines is 1. The number of carbonyl (C=O) groups is 1. The Labute approximate surface area is 180 Å². The number of likely N-dealkylation sites (N-methyl/N-ethyl adjacent to an activating group) is 1. The fraction of sp³-hybridized carbons (Fsp3) is 0.304. The maximum absolute atomic E-state index is 12.9. The number of nitrogens with one attached hydrogen (secondary N) is 1. The van der Waals surface area contributed by atoms with Crippen molar-refractivity contribution in [2.75, 3.05) is 25.0 Å². The van der Waals surface area contributed by atoms with Crippen LogP contribution in [-0.2, 0) is 17.9 Å². The molecule has 4 aromatic rings. The van der Waals surface area contributed by atoms with Crippen molar-refractivity contribution < 1.29 is 4.79 Å². The van der Waals surface area contributed by atoms with Crippen LogP contribution in [0.15, 0.2) is 59.5 Å². The molecule has 0 radical (unpaired) electrons. The third kappa shape index (κ3) is 4.34. The van der Waals surface area contributed by atoms with E-state index in [2.05, 4.69) is 34.0 Å². The Morgan fingerprint density at radius 2 is 1.61 bits per heavy atom. The zero-order chi connectivity index (χ0) is 21.8. The largest absolute Gasteiger partial charge is 0.309 e. The molecule has 31 heavy (non-hydrogen) atoms. The first kappa shape index (κ1) is 20.7. The van der Waals surface area contributed by atoms with E-state index < -0.39 is 0 Å². The molecule has 2 heterocycles. The molecule has 1 amide bonds. The van der Waals surface area contributed by atoms with Crippen LogP contribution in [-0.4, -0.2) is 49.5 Å². The number of benzene rings is 2. The molecule has 2 aromatic heterocycles. The number of hydrogen-bond donors (Lipinski definition) is 1. The highest BCUT2D eigenvalue weighted by Gasteiger charge is 2.15. The molecule has 4 rings (SSSR count). The number of imidazole rings is 1. The van der Waals surface area contributed by atoms with Gasteiger partial charge in [-0.3, -0.25) is 19.5 Å². The number of aromatic nitrogens is 4. The van der Waals surface area contributed by atoms with Crippen LogP contribution in [0.1, 0.15) is 13.8 Å². The highest BCUT2D eigenvalue weighted by atomic mass is 16.2. The van der Waals surface area contributed by atoms with Gasteiger partial charge in [-0.05, 0) is 37.4 Å². The number of fused-ring (bicyclic) bond motifs is 2. The summed E-state index contributed by atoms with van der Waals surface area (Å²) in [6.07, 6.45) is 1.24. The summed E-state index contributed by atoms with van der Waals surface area (Å²) in [5, 5.41) is 2.91. The van der Waals surface area contributed by atoms with Gasteiger partial charge in [0.2, 0.25) is 11.9 Å². The Morgan fingerprint density at radius 3 is 2.32 bits per heavy atom. The second-order valence-corrected chi connectivity index (χ2v) is 7.32. The Bertz CT molecular complexity index is 1270. The molecule has 160 valence electrons. The van der Waals surface area contributed by atoms with Crippen molar-refractivity contribution in [1.82, 2.24) is 24.0 Å². The molecular weight excluding hydrogens is 392 g/mol. The smallest absolute Gasteiger partial charge is 0.269 e. The summed E-state index contributed by atoms with van der Waals surface area (Å²) < 4.78 is 3.46. The molecule has 0 saturated heterocycles. The standard InChI is InChI=1S/C23H26N6O2/c1-3-27(4-2)13-14-28-20-12-8-6-10-18(20)25-23(28)26-21(30)16-29-19-11-7-5-9-17(19)24-15-22(29)31/h5-12,15H,3-4,13-14,16H2,1-2H3,(H,25,26,30). The molecule has 0 fully saturated rings. The van der Waals surface area contributed by atoms with Gasteiger partial charge in [0.1, 0.15) is 6.54 Å². The first-order valence-electron chi connectivity index (χ1n) is 10.5. The maximum atomic E-state index is 12.9. The van der Waals surface area contributed by atoms with Gasteiger partial charge < -0.3 is 9.47 Å². The fourth-order valence-corrected chi connectivity index (χ4v) is 3.76. The summed E-state index contributed by atoms with van der Waals surface area (Å²) in [4.78, 5) is 36.4. The van der Waals surface area contributed by atoms with Gasteiger partial charge >= 0.3 is 0 Å². The lowest BCUT2D eigenvalue weighted by Crippen LogP contribution is -2.30. The Balaban J connectivity index is 1.61. The van der Waals surface area contributed by atoms with Gasteiger partial charge in [0.25, 0.3) is 5.56 Å².